The van der Waals surface area contributed by atoms with E-state index in [1.165, 1.54) is 18.2 Å². The molecule has 0 fully saturated rings. The Hall–Kier alpha value is -1.62. The van der Waals surface area contributed by atoms with Crippen LogP contribution >= 0.6 is 11.6 Å². The maximum atomic E-state index is 13.0. The van der Waals surface area contributed by atoms with Crippen molar-refractivity contribution in [3.63, 3.8) is 0 Å². The fourth-order valence-corrected chi connectivity index (χ4v) is 2.17. The summed E-state index contributed by atoms with van der Waals surface area (Å²) in [6.45, 7) is 3.41. The number of halogens is 4. The van der Waals surface area contributed by atoms with Gasteiger partial charge in [0.15, 0.2) is 5.78 Å². The Kier molecular flexibility index (Phi) is 3.73. The smallest absolute Gasteiger partial charge is 0.292 e. The molecule has 0 radical (unpaired) electrons. The molecule has 2 nitrogen and oxygen atoms in total. The number of carbonyl (C=O) groups excluding carboxylic acids is 1. The van der Waals surface area contributed by atoms with Gasteiger partial charge < -0.3 is 0 Å². The summed E-state index contributed by atoms with van der Waals surface area (Å²) in [4.78, 5) is 15.8. The van der Waals surface area contributed by atoms with Gasteiger partial charge in [0, 0.05) is 11.3 Å². The summed E-state index contributed by atoms with van der Waals surface area (Å²) in [6, 6.07) is 5.07. The molecule has 0 amide bonds. The van der Waals surface area contributed by atoms with Gasteiger partial charge in [0.2, 0.25) is 0 Å². The van der Waals surface area contributed by atoms with E-state index in [-0.39, 0.29) is 33.3 Å². The van der Waals surface area contributed by atoms with Crippen LogP contribution < -0.4 is 0 Å². The van der Waals surface area contributed by atoms with Gasteiger partial charge in [-0.1, -0.05) is 25.4 Å². The fourth-order valence-electron chi connectivity index (χ4n) is 1.90. The SMILES string of the molecule is CC(C)C(=O)c1ccc2c(C(F)(F)F)c(Cl)ccc2n1. The Bertz CT molecular complexity index is 680. The summed E-state index contributed by atoms with van der Waals surface area (Å²) in [6.07, 6.45) is -4.57. The average molecular weight is 302 g/mol. The zero-order valence-electron chi connectivity index (χ0n) is 10.8. The minimum Gasteiger partial charge on any atom is -0.292 e. The van der Waals surface area contributed by atoms with Crippen LogP contribution in [0.25, 0.3) is 10.9 Å². The summed E-state index contributed by atoms with van der Waals surface area (Å²) in [5.74, 6) is -0.482. The van der Waals surface area contributed by atoms with Gasteiger partial charge in [-0.05, 0) is 24.3 Å². The van der Waals surface area contributed by atoms with Gasteiger partial charge >= 0.3 is 6.18 Å². The first-order valence-corrected chi connectivity index (χ1v) is 6.30. The fraction of sp³-hybridized carbons (Fsp3) is 0.286. The molecule has 0 bridgehead atoms. The molecule has 0 spiro atoms. The molecule has 2 aromatic rings. The van der Waals surface area contributed by atoms with Crippen LogP contribution in [-0.2, 0) is 6.18 Å². The van der Waals surface area contributed by atoms with Crippen molar-refractivity contribution in [2.45, 2.75) is 20.0 Å². The second-order valence-corrected chi connectivity index (χ2v) is 5.11. The zero-order chi connectivity index (χ0) is 15.1. The van der Waals surface area contributed by atoms with E-state index in [9.17, 15) is 18.0 Å². The number of nitrogens with zero attached hydrogens (tertiary/aromatic N) is 1. The third-order valence-electron chi connectivity index (χ3n) is 2.88. The lowest BCUT2D eigenvalue weighted by Gasteiger charge is -2.13. The highest BCUT2D eigenvalue weighted by Crippen LogP contribution is 2.39. The molecule has 6 heteroatoms. The Morgan fingerprint density at radius 1 is 1.20 bits per heavy atom. The molecule has 0 aliphatic carbocycles. The first-order chi connectivity index (χ1) is 9.21. The monoisotopic (exact) mass is 301 g/mol. The number of ketones is 1. The third-order valence-corrected chi connectivity index (χ3v) is 3.20. The molecular formula is C14H11ClF3NO. The van der Waals surface area contributed by atoms with Gasteiger partial charge in [-0.15, -0.1) is 0 Å². The first-order valence-electron chi connectivity index (χ1n) is 5.92. The Labute approximate surface area is 118 Å². The maximum Gasteiger partial charge on any atom is 0.418 e. The van der Waals surface area contributed by atoms with Crippen molar-refractivity contribution in [3.8, 4) is 0 Å². The van der Waals surface area contributed by atoms with Crippen molar-refractivity contribution < 1.29 is 18.0 Å². The highest BCUT2D eigenvalue weighted by atomic mass is 35.5. The number of hydrogen-bond donors (Lipinski definition) is 0. The van der Waals surface area contributed by atoms with Crippen molar-refractivity contribution in [2.24, 2.45) is 5.92 Å². The van der Waals surface area contributed by atoms with Gasteiger partial charge in [0.25, 0.3) is 0 Å². The highest BCUT2D eigenvalue weighted by Gasteiger charge is 2.35. The lowest BCUT2D eigenvalue weighted by atomic mass is 10.0. The van der Waals surface area contributed by atoms with E-state index in [2.05, 4.69) is 4.98 Å². The van der Waals surface area contributed by atoms with E-state index in [1.54, 1.807) is 13.8 Å². The van der Waals surface area contributed by atoms with Crippen molar-refractivity contribution in [1.29, 1.82) is 0 Å². The molecular weight excluding hydrogens is 291 g/mol. The van der Waals surface area contributed by atoms with E-state index in [4.69, 9.17) is 11.6 Å². The Balaban J connectivity index is 2.68. The molecule has 1 aromatic heterocycles. The van der Waals surface area contributed by atoms with Crippen LogP contribution in [0.3, 0.4) is 0 Å². The molecule has 20 heavy (non-hydrogen) atoms. The van der Waals surface area contributed by atoms with Gasteiger partial charge in [-0.3, -0.25) is 4.79 Å². The number of rotatable bonds is 2. The molecule has 0 N–H and O–H groups in total. The maximum absolute atomic E-state index is 13.0. The number of aromatic nitrogens is 1. The number of carbonyl (C=O) groups is 1. The van der Waals surface area contributed by atoms with Crippen LogP contribution in [0.4, 0.5) is 13.2 Å². The molecule has 0 atom stereocenters. The van der Waals surface area contributed by atoms with Crippen molar-refractivity contribution in [2.75, 3.05) is 0 Å². The molecule has 0 aliphatic heterocycles. The van der Waals surface area contributed by atoms with Crippen molar-refractivity contribution >= 4 is 28.3 Å². The number of hydrogen-bond acceptors (Lipinski definition) is 2. The van der Waals surface area contributed by atoms with Gasteiger partial charge in [-0.25, -0.2) is 4.98 Å². The predicted molar refractivity (Wildman–Crippen MR) is 70.9 cm³/mol. The Morgan fingerprint density at radius 3 is 2.40 bits per heavy atom. The Morgan fingerprint density at radius 2 is 1.85 bits per heavy atom. The molecule has 0 saturated heterocycles. The minimum atomic E-state index is -4.57. The lowest BCUT2D eigenvalue weighted by molar-refractivity contribution is -0.136. The van der Waals surface area contributed by atoms with Crippen LogP contribution in [0.15, 0.2) is 24.3 Å². The number of fused-ring (bicyclic) bond motifs is 1. The van der Waals surface area contributed by atoms with E-state index in [0.717, 1.165) is 6.07 Å². The van der Waals surface area contributed by atoms with E-state index in [1.807, 2.05) is 0 Å². The highest BCUT2D eigenvalue weighted by molar-refractivity contribution is 6.32. The summed E-state index contributed by atoms with van der Waals surface area (Å²) in [5, 5.41) is -0.486. The third kappa shape index (κ3) is 2.63. The summed E-state index contributed by atoms with van der Waals surface area (Å²) in [7, 11) is 0. The van der Waals surface area contributed by atoms with Gasteiger partial charge in [-0.2, -0.15) is 13.2 Å². The normalized spacial score (nSPS) is 12.2. The van der Waals surface area contributed by atoms with E-state index in [0.29, 0.717) is 0 Å². The van der Waals surface area contributed by atoms with Crippen LogP contribution in [0.1, 0.15) is 29.9 Å². The number of benzene rings is 1. The van der Waals surface area contributed by atoms with Crippen molar-refractivity contribution in [3.05, 3.63) is 40.5 Å². The number of Topliss-reactive ketones (excluding diaryl/α,β-unsaturated/α-hetero) is 1. The predicted octanol–water partition coefficient (Wildman–Crippen LogP) is 4.75. The minimum absolute atomic E-state index is 0.105. The van der Waals surface area contributed by atoms with E-state index < -0.39 is 11.7 Å². The summed E-state index contributed by atoms with van der Waals surface area (Å²) >= 11 is 5.63. The largest absolute Gasteiger partial charge is 0.418 e. The van der Waals surface area contributed by atoms with Gasteiger partial charge in [0.1, 0.15) is 5.69 Å². The van der Waals surface area contributed by atoms with Crippen molar-refractivity contribution in [1.82, 2.24) is 4.98 Å². The number of pyridine rings is 1. The molecule has 106 valence electrons. The molecule has 0 unspecified atom stereocenters. The second-order valence-electron chi connectivity index (χ2n) is 4.70. The van der Waals surface area contributed by atoms with E-state index >= 15 is 0 Å². The van der Waals surface area contributed by atoms with Crippen LogP contribution in [0, 0.1) is 5.92 Å². The molecule has 1 heterocycles. The van der Waals surface area contributed by atoms with Crippen LogP contribution in [-0.4, -0.2) is 10.8 Å². The summed E-state index contributed by atoms with van der Waals surface area (Å²) in [5.41, 5.74) is -0.663. The number of alkyl halides is 3. The quantitative estimate of drug-likeness (QED) is 0.750. The lowest BCUT2D eigenvalue weighted by Crippen LogP contribution is -2.11. The standard InChI is InChI=1S/C14H11ClF3NO/c1-7(2)13(20)11-5-3-8-10(19-11)6-4-9(15)12(8)14(16,17)18/h3-7H,1-2H3. The average Bonchev–Trinajstić information content (AvgIpc) is 2.35. The first kappa shape index (κ1) is 14.8. The topological polar surface area (TPSA) is 30.0 Å². The van der Waals surface area contributed by atoms with Gasteiger partial charge in [0.05, 0.1) is 16.1 Å². The second kappa shape index (κ2) is 5.05. The molecule has 1 aromatic carbocycles. The summed E-state index contributed by atoms with van der Waals surface area (Å²) < 4.78 is 39.0. The molecule has 0 saturated carbocycles. The van der Waals surface area contributed by atoms with Crippen LogP contribution in [0.2, 0.25) is 5.02 Å². The molecule has 0 aliphatic rings. The zero-order valence-corrected chi connectivity index (χ0v) is 11.5. The molecule has 2 rings (SSSR count). The van der Waals surface area contributed by atoms with Crippen LogP contribution in [0.5, 0.6) is 0 Å².